The summed E-state index contributed by atoms with van der Waals surface area (Å²) in [6.07, 6.45) is 4.34. The van der Waals surface area contributed by atoms with Crippen LogP contribution in [0.2, 0.25) is 5.82 Å². The van der Waals surface area contributed by atoms with Gasteiger partial charge in [-0.05, 0) is 30.2 Å². The zero-order valence-corrected chi connectivity index (χ0v) is 17.4. The number of hydrogen-bond donors (Lipinski definition) is 0. The molecule has 0 bridgehead atoms. The van der Waals surface area contributed by atoms with Crippen LogP contribution in [0, 0.1) is 5.92 Å². The van der Waals surface area contributed by atoms with Crippen LogP contribution < -0.4 is 15.0 Å². The number of aromatic nitrogens is 2. The van der Waals surface area contributed by atoms with E-state index < -0.39 is 0 Å². The predicted molar refractivity (Wildman–Crippen MR) is 112 cm³/mol. The quantitative estimate of drug-likeness (QED) is 0.584. The maximum Gasteiger partial charge on any atom is 0.126 e. The van der Waals surface area contributed by atoms with Crippen molar-refractivity contribution in [1.29, 1.82) is 0 Å². The Morgan fingerprint density at radius 1 is 1.22 bits per heavy atom. The predicted octanol–water partition coefficient (Wildman–Crippen LogP) is 0.977. The van der Waals surface area contributed by atoms with Crippen LogP contribution in [-0.2, 0) is 14.1 Å². The van der Waals surface area contributed by atoms with Crippen LogP contribution in [0.4, 0.5) is 0 Å². The molecule has 1 unspecified atom stereocenters. The van der Waals surface area contributed by atoms with Crippen LogP contribution in [0.25, 0.3) is 0 Å². The fraction of sp³-hybridized carbons (Fsp3) is 0.524. The number of fused-ring (bicyclic) bond motifs is 1. The molecule has 1 fully saturated rings. The molecular formula is C21H31BN4O. The van der Waals surface area contributed by atoms with Crippen molar-refractivity contribution < 1.29 is 9.30 Å². The van der Waals surface area contributed by atoms with Crippen molar-refractivity contribution in [2.45, 2.75) is 31.6 Å². The first-order valence-electron chi connectivity index (χ1n) is 10.3. The molecule has 0 amide bonds. The Morgan fingerprint density at radius 2 is 1.96 bits per heavy atom. The fourth-order valence-corrected chi connectivity index (χ4v) is 5.07. The summed E-state index contributed by atoms with van der Waals surface area (Å²) in [6.45, 7) is 6.80. The van der Waals surface area contributed by atoms with E-state index in [9.17, 15) is 0 Å². The van der Waals surface area contributed by atoms with Gasteiger partial charge in [0.05, 0.1) is 40.3 Å². The van der Waals surface area contributed by atoms with E-state index in [2.05, 4.69) is 78.6 Å². The van der Waals surface area contributed by atoms with Gasteiger partial charge in [0, 0.05) is 12.5 Å². The molecule has 1 aromatic carbocycles. The number of amidine groups is 1. The van der Waals surface area contributed by atoms with Crippen LogP contribution in [0.3, 0.4) is 0 Å². The molecule has 3 heterocycles. The first-order chi connectivity index (χ1) is 13.0. The highest BCUT2D eigenvalue weighted by molar-refractivity contribution is 6.53. The molecule has 0 N–H and O–H groups in total. The van der Waals surface area contributed by atoms with Gasteiger partial charge in [0.25, 0.3) is 0 Å². The summed E-state index contributed by atoms with van der Waals surface area (Å²) in [7, 11) is 5.76. The molecule has 2 aromatic rings. The van der Waals surface area contributed by atoms with Gasteiger partial charge in [-0.25, -0.2) is 0 Å². The van der Waals surface area contributed by atoms with Crippen LogP contribution in [0.1, 0.15) is 25.3 Å². The van der Waals surface area contributed by atoms with Gasteiger partial charge in [-0.2, -0.15) is 0 Å². The average molecular weight is 366 g/mol. The first kappa shape index (κ1) is 18.1. The number of ether oxygens (including phenoxy) is 1. The standard InChI is InChI=1S/C21H31BN4O/c1-14(2)18-13-26-12-17(22-21-24(3)10-11-25(21)4)19(20(26)23-18)15-6-8-16(27-5)9-7-15/h6-11,14,17-19H,12-13,22H2,1-5H3/t17-,18?,19+/m0/s1. The summed E-state index contributed by atoms with van der Waals surface area (Å²) in [5.41, 5.74) is 2.87. The molecular weight excluding hydrogens is 335 g/mol. The lowest BCUT2D eigenvalue weighted by Crippen LogP contribution is -2.51. The Morgan fingerprint density at radius 3 is 2.56 bits per heavy atom. The molecule has 2 aliphatic heterocycles. The Bertz CT molecular complexity index is 823. The molecule has 0 radical (unpaired) electrons. The molecule has 1 aromatic heterocycles. The molecule has 27 heavy (non-hydrogen) atoms. The summed E-state index contributed by atoms with van der Waals surface area (Å²) in [5.74, 6) is 3.91. The Labute approximate surface area is 162 Å². The summed E-state index contributed by atoms with van der Waals surface area (Å²) >= 11 is 0. The minimum absolute atomic E-state index is 0.309. The smallest absolute Gasteiger partial charge is 0.126 e. The number of hydrogen-bond acceptors (Lipinski definition) is 3. The van der Waals surface area contributed by atoms with Crippen LogP contribution in [0.15, 0.2) is 41.7 Å². The third-order valence-corrected chi connectivity index (χ3v) is 6.79. The monoisotopic (exact) mass is 366 g/mol. The van der Waals surface area contributed by atoms with Gasteiger partial charge < -0.3 is 9.64 Å². The van der Waals surface area contributed by atoms with Crippen LogP contribution in [0.5, 0.6) is 5.75 Å². The summed E-state index contributed by atoms with van der Waals surface area (Å²) < 4.78 is 9.97. The van der Waals surface area contributed by atoms with Gasteiger partial charge in [0.1, 0.15) is 24.0 Å². The Balaban J connectivity index is 1.69. The highest BCUT2D eigenvalue weighted by atomic mass is 16.5. The molecule has 4 rings (SSSR count). The van der Waals surface area contributed by atoms with Crippen molar-refractivity contribution in [2.75, 3.05) is 20.2 Å². The van der Waals surface area contributed by atoms with Crippen LogP contribution >= 0.6 is 0 Å². The van der Waals surface area contributed by atoms with Crippen molar-refractivity contribution in [3.05, 3.63) is 42.2 Å². The van der Waals surface area contributed by atoms with Gasteiger partial charge in [0.15, 0.2) is 0 Å². The molecule has 6 heteroatoms. The molecule has 0 saturated carbocycles. The molecule has 0 aliphatic carbocycles. The van der Waals surface area contributed by atoms with Crippen molar-refractivity contribution in [3.63, 3.8) is 0 Å². The third-order valence-electron chi connectivity index (χ3n) is 6.79. The van der Waals surface area contributed by atoms with E-state index in [1.165, 1.54) is 17.1 Å². The van der Waals surface area contributed by atoms with E-state index in [1.54, 1.807) is 7.11 Å². The largest absolute Gasteiger partial charge is 0.497 e. The Hall–Kier alpha value is -2.24. The van der Waals surface area contributed by atoms with Gasteiger partial charge in [-0.1, -0.05) is 26.0 Å². The first-order valence-corrected chi connectivity index (χ1v) is 10.3. The van der Waals surface area contributed by atoms with Crippen molar-refractivity contribution in [1.82, 2.24) is 9.47 Å². The lowest BCUT2D eigenvalue weighted by molar-refractivity contribution is -0.653. The van der Waals surface area contributed by atoms with Crippen LogP contribution in [-0.4, -0.2) is 48.8 Å². The summed E-state index contributed by atoms with van der Waals surface area (Å²) in [5, 5.41) is 0. The number of benzene rings is 1. The highest BCUT2D eigenvalue weighted by Crippen LogP contribution is 2.41. The normalized spacial score (nSPS) is 24.4. The molecule has 2 aliphatic rings. The van der Waals surface area contributed by atoms with Crippen molar-refractivity contribution in [2.24, 2.45) is 25.0 Å². The van der Waals surface area contributed by atoms with E-state index in [0.29, 0.717) is 23.7 Å². The van der Waals surface area contributed by atoms with E-state index >= 15 is 0 Å². The second kappa shape index (κ2) is 7.06. The SMILES string of the molecule is COc1ccc([C@H]2C3=NC(C(C)C)CN3C[C@@H]2[BH2-]c2n(C)cc[n+]2C)cc1. The molecule has 3 atom stereocenters. The third kappa shape index (κ3) is 3.26. The topological polar surface area (TPSA) is 33.6 Å². The number of imidazole rings is 1. The van der Waals surface area contributed by atoms with Gasteiger partial charge in [-0.3, -0.25) is 14.1 Å². The lowest BCUT2D eigenvalue weighted by atomic mass is 9.58. The minimum Gasteiger partial charge on any atom is -0.497 e. The maximum absolute atomic E-state index is 5.37. The van der Waals surface area contributed by atoms with Crippen molar-refractivity contribution >= 4 is 18.8 Å². The Kier molecular flexibility index (Phi) is 4.74. The van der Waals surface area contributed by atoms with Crippen molar-refractivity contribution in [3.8, 4) is 5.75 Å². The molecule has 144 valence electrons. The second-order valence-corrected chi connectivity index (χ2v) is 8.79. The maximum atomic E-state index is 5.37. The molecule has 5 nitrogen and oxygen atoms in total. The van der Waals surface area contributed by atoms with Gasteiger partial charge in [0.2, 0.25) is 0 Å². The van der Waals surface area contributed by atoms with E-state index in [4.69, 9.17) is 9.73 Å². The second-order valence-electron chi connectivity index (χ2n) is 8.79. The average Bonchev–Trinajstić information content (AvgIpc) is 3.30. The number of rotatable bonds is 5. The molecule has 0 spiro atoms. The summed E-state index contributed by atoms with van der Waals surface area (Å²) in [6, 6.07) is 9.10. The van der Waals surface area contributed by atoms with E-state index in [1.807, 2.05) is 0 Å². The molecule has 1 saturated heterocycles. The van der Waals surface area contributed by atoms with E-state index in [0.717, 1.165) is 18.8 Å². The number of aryl methyl sites for hydroxylation is 2. The van der Waals surface area contributed by atoms with Gasteiger partial charge in [-0.15, -0.1) is 5.82 Å². The number of aliphatic imine (C=N–C) groups is 1. The summed E-state index contributed by atoms with van der Waals surface area (Å²) in [4.78, 5) is 7.76. The highest BCUT2D eigenvalue weighted by Gasteiger charge is 2.42. The van der Waals surface area contributed by atoms with Gasteiger partial charge >= 0.3 is 0 Å². The zero-order valence-electron chi connectivity index (χ0n) is 17.4. The fourth-order valence-electron chi connectivity index (χ4n) is 5.07. The minimum atomic E-state index is -0.309. The number of methoxy groups -OCH3 is 1. The number of nitrogens with zero attached hydrogens (tertiary/aromatic N) is 4. The zero-order chi connectivity index (χ0) is 19.1. The van der Waals surface area contributed by atoms with E-state index in [-0.39, 0.29) is 7.28 Å². The lowest BCUT2D eigenvalue weighted by Gasteiger charge is -2.23.